The number of anilines is 1. The second kappa shape index (κ2) is 7.23. The van der Waals surface area contributed by atoms with Crippen LogP contribution in [0.5, 0.6) is 0 Å². The fraction of sp³-hybridized carbons (Fsp3) is 0.222. The van der Waals surface area contributed by atoms with Gasteiger partial charge in [0, 0.05) is 31.7 Å². The molecule has 2 aromatic rings. The van der Waals surface area contributed by atoms with Crippen LogP contribution in [0.4, 0.5) is 27.6 Å². The number of hydrogen-bond acceptors (Lipinski definition) is 3. The van der Waals surface area contributed by atoms with E-state index in [0.29, 0.717) is 11.1 Å². The zero-order valence-corrected chi connectivity index (χ0v) is 13.8. The molecule has 140 valence electrons. The molecule has 1 fully saturated rings. The van der Waals surface area contributed by atoms with Crippen molar-refractivity contribution in [1.29, 1.82) is 5.26 Å². The number of nitrogens with zero attached hydrogens (tertiary/aromatic N) is 3. The minimum Gasteiger partial charge on any atom is -0.363 e. The Balaban J connectivity index is 1.76. The Labute approximate surface area is 151 Å². The maximum atomic E-state index is 13.9. The number of halogens is 5. The number of nitriles is 1. The second-order valence-electron chi connectivity index (χ2n) is 5.89. The van der Waals surface area contributed by atoms with Gasteiger partial charge >= 0.3 is 0 Å². The predicted molar refractivity (Wildman–Crippen MR) is 85.5 cm³/mol. The fourth-order valence-corrected chi connectivity index (χ4v) is 2.87. The molecule has 1 heterocycles. The number of piperazine rings is 1. The van der Waals surface area contributed by atoms with Gasteiger partial charge in [-0.15, -0.1) is 0 Å². The van der Waals surface area contributed by atoms with Crippen molar-refractivity contribution in [1.82, 2.24) is 4.90 Å². The van der Waals surface area contributed by atoms with E-state index in [1.807, 2.05) is 6.07 Å². The molecule has 0 atom stereocenters. The normalized spacial score (nSPS) is 14.2. The number of hydrogen-bond donors (Lipinski definition) is 0. The Hall–Kier alpha value is -3.15. The molecule has 0 spiro atoms. The number of benzene rings is 2. The Bertz CT molecular complexity index is 902. The van der Waals surface area contributed by atoms with Gasteiger partial charge in [0.05, 0.1) is 11.6 Å². The maximum absolute atomic E-state index is 13.9. The van der Waals surface area contributed by atoms with Crippen LogP contribution in [0, 0.1) is 40.4 Å². The monoisotopic (exact) mass is 381 g/mol. The van der Waals surface area contributed by atoms with Crippen molar-refractivity contribution in [2.75, 3.05) is 31.1 Å². The first kappa shape index (κ1) is 18.6. The number of carbonyl (C=O) groups excluding carboxylic acids is 1. The van der Waals surface area contributed by atoms with E-state index in [0.717, 1.165) is 4.90 Å². The summed E-state index contributed by atoms with van der Waals surface area (Å²) in [4.78, 5) is 14.9. The summed E-state index contributed by atoms with van der Waals surface area (Å²) < 4.78 is 67.7. The van der Waals surface area contributed by atoms with Crippen molar-refractivity contribution in [3.8, 4) is 6.07 Å². The van der Waals surface area contributed by atoms with Crippen molar-refractivity contribution in [2.45, 2.75) is 0 Å². The van der Waals surface area contributed by atoms with Crippen molar-refractivity contribution in [3.63, 3.8) is 0 Å². The largest absolute Gasteiger partial charge is 0.363 e. The summed E-state index contributed by atoms with van der Waals surface area (Å²) in [6.07, 6.45) is 0. The fourth-order valence-electron chi connectivity index (χ4n) is 2.87. The van der Waals surface area contributed by atoms with Crippen molar-refractivity contribution < 1.29 is 26.7 Å². The third kappa shape index (κ3) is 3.30. The molecule has 1 amide bonds. The van der Waals surface area contributed by atoms with Gasteiger partial charge in [0.2, 0.25) is 5.82 Å². The van der Waals surface area contributed by atoms with Crippen molar-refractivity contribution in [2.24, 2.45) is 0 Å². The summed E-state index contributed by atoms with van der Waals surface area (Å²) in [6, 6.07) is 7.87. The van der Waals surface area contributed by atoms with Crippen LogP contribution in [-0.2, 0) is 0 Å². The third-order valence-electron chi connectivity index (χ3n) is 4.33. The van der Waals surface area contributed by atoms with E-state index in [2.05, 4.69) is 0 Å². The Morgan fingerprint density at radius 1 is 0.815 bits per heavy atom. The maximum Gasteiger partial charge on any atom is 0.253 e. The molecule has 9 heteroatoms. The molecule has 0 unspecified atom stereocenters. The van der Waals surface area contributed by atoms with Gasteiger partial charge in [0.25, 0.3) is 5.91 Å². The van der Waals surface area contributed by atoms with Crippen LogP contribution in [0.15, 0.2) is 24.3 Å². The van der Waals surface area contributed by atoms with Gasteiger partial charge in [-0.05, 0) is 24.3 Å². The highest BCUT2D eigenvalue weighted by atomic mass is 19.2. The lowest BCUT2D eigenvalue weighted by molar-refractivity contribution is 0.0746. The average Bonchev–Trinajstić information content (AvgIpc) is 2.71. The van der Waals surface area contributed by atoms with E-state index in [-0.39, 0.29) is 32.1 Å². The summed E-state index contributed by atoms with van der Waals surface area (Å²) in [5, 5.41) is 8.77. The zero-order valence-electron chi connectivity index (χ0n) is 13.8. The van der Waals surface area contributed by atoms with Crippen molar-refractivity contribution in [3.05, 3.63) is 64.5 Å². The van der Waals surface area contributed by atoms with Gasteiger partial charge in [-0.1, -0.05) is 0 Å². The minimum absolute atomic E-state index is 0.0400. The number of amides is 1. The molecule has 27 heavy (non-hydrogen) atoms. The first-order valence-corrected chi connectivity index (χ1v) is 7.91. The quantitative estimate of drug-likeness (QED) is 0.456. The predicted octanol–water partition coefficient (Wildman–Crippen LogP) is 3.22. The summed E-state index contributed by atoms with van der Waals surface area (Å²) in [6.45, 7) is -0.114. The highest BCUT2D eigenvalue weighted by Gasteiger charge is 2.31. The summed E-state index contributed by atoms with van der Waals surface area (Å²) in [5.41, 5.74) is -0.266. The first-order chi connectivity index (χ1) is 12.8. The Morgan fingerprint density at radius 2 is 1.30 bits per heavy atom. The lowest BCUT2D eigenvalue weighted by atomic mass is 10.1. The molecule has 1 aliphatic rings. The SMILES string of the molecule is N#Cc1ccc(C(=O)N2CCN(c3c(F)c(F)c(F)c(F)c3F)CC2)cc1. The van der Waals surface area contributed by atoms with Gasteiger partial charge in [-0.25, -0.2) is 22.0 Å². The second-order valence-corrected chi connectivity index (χ2v) is 5.89. The van der Waals surface area contributed by atoms with E-state index >= 15 is 0 Å². The smallest absolute Gasteiger partial charge is 0.253 e. The lowest BCUT2D eigenvalue weighted by Crippen LogP contribution is -2.49. The molecule has 1 saturated heterocycles. The van der Waals surface area contributed by atoms with Crippen LogP contribution in [0.2, 0.25) is 0 Å². The molecule has 0 aliphatic carbocycles. The van der Waals surface area contributed by atoms with Gasteiger partial charge in [-0.2, -0.15) is 5.26 Å². The molecule has 4 nitrogen and oxygen atoms in total. The molecular weight excluding hydrogens is 369 g/mol. The van der Waals surface area contributed by atoms with E-state index in [9.17, 15) is 26.7 Å². The number of rotatable bonds is 2. The van der Waals surface area contributed by atoms with Gasteiger partial charge in [0.1, 0.15) is 5.69 Å². The van der Waals surface area contributed by atoms with Crippen LogP contribution < -0.4 is 4.90 Å². The van der Waals surface area contributed by atoms with Crippen LogP contribution in [-0.4, -0.2) is 37.0 Å². The summed E-state index contributed by atoms with van der Waals surface area (Å²) in [5.74, 6) is -10.3. The van der Waals surface area contributed by atoms with E-state index < -0.39 is 34.8 Å². The van der Waals surface area contributed by atoms with Gasteiger partial charge < -0.3 is 9.80 Å². The topological polar surface area (TPSA) is 47.3 Å². The van der Waals surface area contributed by atoms with Crippen molar-refractivity contribution >= 4 is 11.6 Å². The molecular formula is C18H12F5N3O. The highest BCUT2D eigenvalue weighted by Crippen LogP contribution is 2.31. The Morgan fingerprint density at radius 3 is 1.78 bits per heavy atom. The molecule has 3 rings (SSSR count). The van der Waals surface area contributed by atoms with E-state index in [4.69, 9.17) is 5.26 Å². The summed E-state index contributed by atoms with van der Waals surface area (Å²) in [7, 11) is 0. The molecule has 0 saturated carbocycles. The number of carbonyl (C=O) groups is 1. The van der Waals surface area contributed by atoms with Crippen LogP contribution >= 0.6 is 0 Å². The van der Waals surface area contributed by atoms with Crippen LogP contribution in [0.25, 0.3) is 0 Å². The van der Waals surface area contributed by atoms with E-state index in [1.54, 1.807) is 0 Å². The average molecular weight is 381 g/mol. The molecule has 2 aromatic carbocycles. The van der Waals surface area contributed by atoms with Crippen LogP contribution in [0.3, 0.4) is 0 Å². The Kier molecular flexibility index (Phi) is 4.99. The first-order valence-electron chi connectivity index (χ1n) is 7.91. The molecule has 0 N–H and O–H groups in total. The molecule has 0 bridgehead atoms. The molecule has 1 aliphatic heterocycles. The lowest BCUT2D eigenvalue weighted by Gasteiger charge is -2.36. The zero-order chi connectivity index (χ0) is 19.7. The summed E-state index contributed by atoms with van der Waals surface area (Å²) >= 11 is 0. The molecule has 0 aromatic heterocycles. The standard InChI is InChI=1S/C18H12F5N3O/c19-12-13(20)15(22)17(16(23)14(12)21)25-5-7-26(8-6-25)18(27)11-3-1-10(9-24)2-4-11/h1-4H,5-8H2. The molecule has 0 radical (unpaired) electrons. The third-order valence-corrected chi connectivity index (χ3v) is 4.33. The van der Waals surface area contributed by atoms with E-state index in [1.165, 1.54) is 29.2 Å². The highest BCUT2D eigenvalue weighted by molar-refractivity contribution is 5.94. The minimum atomic E-state index is -2.21. The van der Waals surface area contributed by atoms with Crippen LogP contribution in [0.1, 0.15) is 15.9 Å². The van der Waals surface area contributed by atoms with Gasteiger partial charge in [0.15, 0.2) is 23.3 Å². The van der Waals surface area contributed by atoms with Gasteiger partial charge in [-0.3, -0.25) is 4.79 Å².